The van der Waals surface area contributed by atoms with Gasteiger partial charge in [-0.25, -0.2) is 0 Å². The number of benzene rings is 1. The summed E-state index contributed by atoms with van der Waals surface area (Å²) in [6.07, 6.45) is 1.65. The quantitative estimate of drug-likeness (QED) is 0.785. The van der Waals surface area contributed by atoms with E-state index in [1.807, 2.05) is 39.8 Å². The predicted octanol–water partition coefficient (Wildman–Crippen LogP) is 2.77. The van der Waals surface area contributed by atoms with Crippen molar-refractivity contribution in [3.63, 3.8) is 0 Å². The van der Waals surface area contributed by atoms with E-state index in [0.717, 1.165) is 27.7 Å². The molecule has 2 aromatic rings. The van der Waals surface area contributed by atoms with E-state index >= 15 is 0 Å². The van der Waals surface area contributed by atoms with Gasteiger partial charge >= 0.3 is 5.97 Å². The molecule has 2 atom stereocenters. The first kappa shape index (κ1) is 18.5. The van der Waals surface area contributed by atoms with Gasteiger partial charge in [-0.15, -0.1) is 0 Å². The topological polar surface area (TPSA) is 69.0 Å². The Bertz CT molecular complexity index is 815. The van der Waals surface area contributed by atoms with Crippen LogP contribution in [0, 0.1) is 13.8 Å². The lowest BCUT2D eigenvalue weighted by Crippen LogP contribution is -2.49. The second-order valence-electron chi connectivity index (χ2n) is 7.04. The summed E-state index contributed by atoms with van der Waals surface area (Å²) in [5.74, 6) is -0.627. The first-order valence-corrected chi connectivity index (χ1v) is 8.90. The van der Waals surface area contributed by atoms with E-state index in [9.17, 15) is 9.59 Å². The van der Waals surface area contributed by atoms with Gasteiger partial charge in [0.1, 0.15) is 5.58 Å². The zero-order chi connectivity index (χ0) is 18.8. The molecule has 140 valence electrons. The fourth-order valence-corrected chi connectivity index (χ4v) is 3.35. The summed E-state index contributed by atoms with van der Waals surface area (Å²) in [6, 6.07) is 3.96. The number of nitrogens with zero attached hydrogens (tertiary/aromatic N) is 1. The number of furan rings is 1. The molecule has 0 aliphatic carbocycles. The monoisotopic (exact) mass is 359 g/mol. The van der Waals surface area contributed by atoms with Gasteiger partial charge in [0.25, 0.3) is 5.91 Å². The maximum Gasteiger partial charge on any atom is 0.310 e. The van der Waals surface area contributed by atoms with Crippen molar-refractivity contribution in [3.8, 4) is 0 Å². The van der Waals surface area contributed by atoms with E-state index in [1.54, 1.807) is 11.2 Å². The molecule has 26 heavy (non-hydrogen) atoms. The zero-order valence-electron chi connectivity index (χ0n) is 15.7. The lowest BCUT2D eigenvalue weighted by atomic mass is 10.0. The van der Waals surface area contributed by atoms with Gasteiger partial charge in [0, 0.05) is 24.0 Å². The van der Waals surface area contributed by atoms with Crippen LogP contribution in [0.25, 0.3) is 11.0 Å². The third kappa shape index (κ3) is 3.90. The third-order valence-electron chi connectivity index (χ3n) is 4.81. The molecule has 0 bridgehead atoms. The maximum atomic E-state index is 12.3. The molecule has 1 aliphatic rings. The second kappa shape index (κ2) is 7.50. The molecule has 1 aromatic carbocycles. The van der Waals surface area contributed by atoms with Crippen LogP contribution in [0.1, 0.15) is 30.5 Å². The van der Waals surface area contributed by atoms with E-state index in [0.29, 0.717) is 13.1 Å². The predicted molar refractivity (Wildman–Crippen MR) is 96.9 cm³/mol. The molecule has 2 heterocycles. The molecular formula is C20H25NO5. The van der Waals surface area contributed by atoms with Crippen molar-refractivity contribution in [2.24, 2.45) is 0 Å². The number of rotatable bonds is 4. The Balaban J connectivity index is 1.58. The Morgan fingerprint density at radius 2 is 1.88 bits per heavy atom. The van der Waals surface area contributed by atoms with Crippen molar-refractivity contribution < 1.29 is 23.5 Å². The highest BCUT2D eigenvalue weighted by Gasteiger charge is 2.26. The SMILES string of the molecule is Cc1ccc2c(CC(=O)OCC(=O)N3C[C@H](C)O[C@@H](C)C3)coc2c1C. The summed E-state index contributed by atoms with van der Waals surface area (Å²) in [5.41, 5.74) is 3.77. The number of carbonyl (C=O) groups is 2. The number of morpholine rings is 1. The van der Waals surface area contributed by atoms with Gasteiger partial charge in [-0.1, -0.05) is 12.1 Å². The number of fused-ring (bicyclic) bond motifs is 1. The molecule has 0 N–H and O–H groups in total. The molecule has 0 unspecified atom stereocenters. The van der Waals surface area contributed by atoms with Crippen molar-refractivity contribution in [2.45, 2.75) is 46.3 Å². The van der Waals surface area contributed by atoms with Gasteiger partial charge in [-0.2, -0.15) is 0 Å². The Morgan fingerprint density at radius 3 is 2.58 bits per heavy atom. The van der Waals surface area contributed by atoms with E-state index in [1.165, 1.54) is 0 Å². The fourth-order valence-electron chi connectivity index (χ4n) is 3.35. The average Bonchev–Trinajstić information content (AvgIpc) is 2.98. The van der Waals surface area contributed by atoms with Gasteiger partial charge in [-0.3, -0.25) is 9.59 Å². The summed E-state index contributed by atoms with van der Waals surface area (Å²) in [4.78, 5) is 26.1. The van der Waals surface area contributed by atoms with E-state index in [-0.39, 0.29) is 31.1 Å². The summed E-state index contributed by atoms with van der Waals surface area (Å²) in [5, 5.41) is 0.909. The van der Waals surface area contributed by atoms with Gasteiger partial charge in [-0.05, 0) is 38.8 Å². The summed E-state index contributed by atoms with van der Waals surface area (Å²) in [6.45, 7) is 8.66. The number of ether oxygens (including phenoxy) is 2. The largest absolute Gasteiger partial charge is 0.464 e. The van der Waals surface area contributed by atoms with Crippen molar-refractivity contribution in [1.29, 1.82) is 0 Å². The maximum absolute atomic E-state index is 12.3. The third-order valence-corrected chi connectivity index (χ3v) is 4.81. The fraction of sp³-hybridized carbons (Fsp3) is 0.500. The summed E-state index contributed by atoms with van der Waals surface area (Å²) < 4.78 is 16.4. The van der Waals surface area contributed by atoms with Gasteiger partial charge < -0.3 is 18.8 Å². The minimum atomic E-state index is -0.436. The number of aryl methyl sites for hydroxylation is 2. The van der Waals surface area contributed by atoms with Crippen LogP contribution >= 0.6 is 0 Å². The molecule has 6 heteroatoms. The van der Waals surface area contributed by atoms with E-state index < -0.39 is 5.97 Å². The van der Waals surface area contributed by atoms with Crippen LogP contribution in [-0.2, 0) is 25.5 Å². The van der Waals surface area contributed by atoms with Crippen LogP contribution in [0.4, 0.5) is 0 Å². The Labute approximate surface area is 153 Å². The molecule has 1 aliphatic heterocycles. The molecule has 1 fully saturated rings. The average molecular weight is 359 g/mol. The van der Waals surface area contributed by atoms with Crippen LogP contribution in [0.5, 0.6) is 0 Å². The number of amides is 1. The van der Waals surface area contributed by atoms with Crippen molar-refractivity contribution in [3.05, 3.63) is 35.1 Å². The van der Waals surface area contributed by atoms with Crippen LogP contribution in [0.2, 0.25) is 0 Å². The number of carbonyl (C=O) groups excluding carboxylic acids is 2. The van der Waals surface area contributed by atoms with Gasteiger partial charge in [0.05, 0.1) is 24.9 Å². The molecular weight excluding hydrogens is 334 g/mol. The highest BCUT2D eigenvalue weighted by atomic mass is 16.5. The number of esters is 1. The van der Waals surface area contributed by atoms with Crippen molar-refractivity contribution in [2.75, 3.05) is 19.7 Å². The highest BCUT2D eigenvalue weighted by molar-refractivity contribution is 5.89. The molecule has 0 saturated carbocycles. The van der Waals surface area contributed by atoms with Crippen LogP contribution in [-0.4, -0.2) is 48.7 Å². The summed E-state index contributed by atoms with van der Waals surface area (Å²) >= 11 is 0. The Morgan fingerprint density at radius 1 is 1.19 bits per heavy atom. The Kier molecular flexibility index (Phi) is 5.32. The standard InChI is InChI=1S/C20H25NO5/c1-12-5-6-17-16(10-25-20(17)15(12)4)7-19(23)24-11-18(22)21-8-13(2)26-14(3)9-21/h5-6,10,13-14H,7-9,11H2,1-4H3/t13-,14-/m0/s1. The van der Waals surface area contributed by atoms with Crippen LogP contribution in [0.15, 0.2) is 22.8 Å². The molecule has 0 spiro atoms. The van der Waals surface area contributed by atoms with Gasteiger partial charge in [0.15, 0.2) is 6.61 Å². The summed E-state index contributed by atoms with van der Waals surface area (Å²) in [7, 11) is 0. The van der Waals surface area contributed by atoms with E-state index in [4.69, 9.17) is 13.9 Å². The highest BCUT2D eigenvalue weighted by Crippen LogP contribution is 2.26. The van der Waals surface area contributed by atoms with Crippen LogP contribution < -0.4 is 0 Å². The minimum absolute atomic E-state index is 0.0117. The molecule has 6 nitrogen and oxygen atoms in total. The molecule has 3 rings (SSSR count). The van der Waals surface area contributed by atoms with Crippen LogP contribution in [0.3, 0.4) is 0 Å². The van der Waals surface area contributed by atoms with Crippen molar-refractivity contribution >= 4 is 22.8 Å². The normalized spacial score (nSPS) is 20.4. The zero-order valence-corrected chi connectivity index (χ0v) is 15.7. The van der Waals surface area contributed by atoms with Crippen molar-refractivity contribution in [1.82, 2.24) is 4.90 Å². The lowest BCUT2D eigenvalue weighted by molar-refractivity contribution is -0.156. The smallest absolute Gasteiger partial charge is 0.310 e. The molecule has 0 radical (unpaired) electrons. The second-order valence-corrected chi connectivity index (χ2v) is 7.04. The molecule has 1 amide bonds. The Hall–Kier alpha value is -2.34. The lowest BCUT2D eigenvalue weighted by Gasteiger charge is -2.35. The van der Waals surface area contributed by atoms with Gasteiger partial charge in [0.2, 0.25) is 0 Å². The van der Waals surface area contributed by atoms with E-state index in [2.05, 4.69) is 0 Å². The molecule has 1 aromatic heterocycles. The first-order chi connectivity index (χ1) is 12.3. The first-order valence-electron chi connectivity index (χ1n) is 8.90. The molecule has 1 saturated heterocycles. The number of hydrogen-bond donors (Lipinski definition) is 0. The number of hydrogen-bond acceptors (Lipinski definition) is 5. The minimum Gasteiger partial charge on any atom is -0.464 e.